The molecule has 1 N–H and O–H groups in total. The van der Waals surface area contributed by atoms with Crippen LogP contribution in [0.2, 0.25) is 5.02 Å². The van der Waals surface area contributed by atoms with Crippen molar-refractivity contribution in [2.45, 2.75) is 20.0 Å². The van der Waals surface area contributed by atoms with Gasteiger partial charge in [0.15, 0.2) is 10.8 Å². The van der Waals surface area contributed by atoms with Crippen LogP contribution in [0.15, 0.2) is 34.9 Å². The quantitative estimate of drug-likeness (QED) is 0.515. The van der Waals surface area contributed by atoms with Crippen molar-refractivity contribution in [3.05, 3.63) is 68.4 Å². The predicted octanol–water partition coefficient (Wildman–Crippen LogP) is 2.11. The first-order valence-electron chi connectivity index (χ1n) is 7.47. The average molecular weight is 377 g/mol. The molecule has 11 heteroatoms. The van der Waals surface area contributed by atoms with Gasteiger partial charge >= 0.3 is 17.6 Å². The minimum absolute atomic E-state index is 0.0190. The molecule has 0 bridgehead atoms. The van der Waals surface area contributed by atoms with Crippen molar-refractivity contribution in [2.24, 2.45) is 0 Å². The van der Waals surface area contributed by atoms with Crippen LogP contribution in [0.25, 0.3) is 0 Å². The Labute approximate surface area is 151 Å². The summed E-state index contributed by atoms with van der Waals surface area (Å²) in [5.74, 6) is -1.03. The van der Waals surface area contributed by atoms with Gasteiger partial charge in [0.25, 0.3) is 0 Å². The zero-order valence-electron chi connectivity index (χ0n) is 13.5. The average Bonchev–Trinajstić information content (AvgIpc) is 3.21. The maximum absolute atomic E-state index is 12.1. The lowest BCUT2D eigenvalue weighted by molar-refractivity contribution is -0.389. The number of halogens is 1. The smallest absolute Gasteiger partial charge is 0.358 e. The van der Waals surface area contributed by atoms with Crippen LogP contribution in [0.3, 0.4) is 0 Å². The van der Waals surface area contributed by atoms with Crippen LogP contribution in [0.4, 0.5) is 5.82 Å². The summed E-state index contributed by atoms with van der Waals surface area (Å²) >= 11 is 5.88. The van der Waals surface area contributed by atoms with Crippen LogP contribution >= 0.6 is 11.6 Å². The standard InChI is InChI=1S/C15H13ClN6O4/c1-9-12(16)13(22(24)25)19-21(9)8-11-18-15(26-20-11)14(23)17-7-10-5-3-2-4-6-10/h2-6H,7-8H2,1H3,(H,17,23). The molecule has 26 heavy (non-hydrogen) atoms. The monoisotopic (exact) mass is 376 g/mol. The van der Waals surface area contributed by atoms with Crippen LogP contribution in [0, 0.1) is 17.0 Å². The summed E-state index contributed by atoms with van der Waals surface area (Å²) in [5, 5.41) is 21.0. The summed E-state index contributed by atoms with van der Waals surface area (Å²) in [6.45, 7) is 1.88. The van der Waals surface area contributed by atoms with E-state index in [4.69, 9.17) is 16.1 Å². The highest BCUT2D eigenvalue weighted by atomic mass is 35.5. The Hall–Kier alpha value is -3.27. The van der Waals surface area contributed by atoms with Gasteiger partial charge in [0.05, 0.1) is 10.8 Å². The molecule has 0 unspecified atom stereocenters. The van der Waals surface area contributed by atoms with Gasteiger partial charge in [-0.15, -0.1) is 0 Å². The van der Waals surface area contributed by atoms with Crippen LogP contribution in [0.5, 0.6) is 0 Å². The second kappa shape index (κ2) is 7.31. The normalized spacial score (nSPS) is 10.7. The maximum atomic E-state index is 12.1. The number of amides is 1. The molecule has 1 amide bonds. The summed E-state index contributed by atoms with van der Waals surface area (Å²) in [7, 11) is 0. The summed E-state index contributed by atoms with van der Waals surface area (Å²) < 4.78 is 6.21. The Morgan fingerprint density at radius 1 is 1.38 bits per heavy atom. The number of aromatic nitrogens is 4. The zero-order valence-corrected chi connectivity index (χ0v) is 14.3. The minimum atomic E-state index is -0.676. The Morgan fingerprint density at radius 2 is 2.12 bits per heavy atom. The summed E-state index contributed by atoms with van der Waals surface area (Å²) in [6.07, 6.45) is 0. The van der Waals surface area contributed by atoms with Gasteiger partial charge in [0.1, 0.15) is 6.54 Å². The number of benzene rings is 1. The first kappa shape index (κ1) is 17.5. The molecule has 0 radical (unpaired) electrons. The third-order valence-electron chi connectivity index (χ3n) is 3.54. The van der Waals surface area contributed by atoms with E-state index >= 15 is 0 Å². The van der Waals surface area contributed by atoms with E-state index < -0.39 is 16.6 Å². The lowest BCUT2D eigenvalue weighted by Gasteiger charge is -2.01. The molecular weight excluding hydrogens is 364 g/mol. The van der Waals surface area contributed by atoms with E-state index in [9.17, 15) is 14.9 Å². The Bertz CT molecular complexity index is 952. The van der Waals surface area contributed by atoms with Crippen LogP contribution < -0.4 is 5.32 Å². The lowest BCUT2D eigenvalue weighted by atomic mass is 10.2. The predicted molar refractivity (Wildman–Crippen MR) is 89.6 cm³/mol. The molecule has 1 aromatic carbocycles. The third-order valence-corrected chi connectivity index (χ3v) is 3.98. The minimum Gasteiger partial charge on any atom is -0.358 e. The molecule has 0 atom stereocenters. The van der Waals surface area contributed by atoms with Gasteiger partial charge in [0.2, 0.25) is 0 Å². The second-order valence-corrected chi connectivity index (χ2v) is 5.70. The van der Waals surface area contributed by atoms with Gasteiger partial charge in [-0.25, -0.2) is 0 Å². The van der Waals surface area contributed by atoms with Crippen molar-refractivity contribution in [3.63, 3.8) is 0 Å². The largest absolute Gasteiger partial charge is 0.408 e. The molecule has 0 spiro atoms. The van der Waals surface area contributed by atoms with Crippen molar-refractivity contribution >= 4 is 23.3 Å². The molecule has 3 rings (SSSR count). The van der Waals surface area contributed by atoms with E-state index in [0.717, 1.165) is 5.56 Å². The van der Waals surface area contributed by atoms with E-state index in [1.165, 1.54) is 4.68 Å². The zero-order chi connectivity index (χ0) is 18.7. The lowest BCUT2D eigenvalue weighted by Crippen LogP contribution is -2.23. The van der Waals surface area contributed by atoms with E-state index in [1.807, 2.05) is 30.3 Å². The van der Waals surface area contributed by atoms with E-state index in [-0.39, 0.29) is 23.3 Å². The molecule has 10 nitrogen and oxygen atoms in total. The van der Waals surface area contributed by atoms with Crippen molar-refractivity contribution in [3.8, 4) is 0 Å². The van der Waals surface area contributed by atoms with E-state index in [2.05, 4.69) is 20.6 Å². The van der Waals surface area contributed by atoms with Gasteiger partial charge in [-0.2, -0.15) is 9.67 Å². The first-order valence-corrected chi connectivity index (χ1v) is 7.85. The molecule has 0 saturated carbocycles. The highest BCUT2D eigenvalue weighted by molar-refractivity contribution is 6.33. The Kier molecular flexibility index (Phi) is 4.94. The van der Waals surface area contributed by atoms with Crippen molar-refractivity contribution < 1.29 is 14.2 Å². The number of hydrogen-bond donors (Lipinski definition) is 1. The Balaban J connectivity index is 1.67. The van der Waals surface area contributed by atoms with E-state index in [1.54, 1.807) is 6.92 Å². The molecule has 2 aromatic heterocycles. The van der Waals surface area contributed by atoms with Crippen LogP contribution in [0.1, 0.15) is 27.8 Å². The fourth-order valence-corrected chi connectivity index (χ4v) is 2.38. The number of nitrogens with zero attached hydrogens (tertiary/aromatic N) is 5. The summed E-state index contributed by atoms with van der Waals surface area (Å²) in [4.78, 5) is 26.2. The first-order chi connectivity index (χ1) is 12.5. The molecule has 2 heterocycles. The fourth-order valence-electron chi connectivity index (χ4n) is 2.18. The van der Waals surface area contributed by atoms with Gasteiger partial charge in [-0.3, -0.25) is 4.79 Å². The van der Waals surface area contributed by atoms with Gasteiger partial charge in [-0.05, 0) is 17.4 Å². The molecule has 0 saturated heterocycles. The van der Waals surface area contributed by atoms with Crippen LogP contribution in [-0.2, 0) is 13.1 Å². The van der Waals surface area contributed by atoms with Crippen molar-refractivity contribution in [1.29, 1.82) is 0 Å². The summed E-state index contributed by atoms with van der Waals surface area (Å²) in [5.41, 5.74) is 1.31. The number of hydrogen-bond acceptors (Lipinski definition) is 7. The SMILES string of the molecule is Cc1c(Cl)c([N+](=O)[O-])nn1Cc1noc(C(=O)NCc2ccccc2)n1. The van der Waals surface area contributed by atoms with Gasteiger partial charge < -0.3 is 20.0 Å². The molecule has 0 aliphatic heterocycles. The molecular formula is C15H13ClN6O4. The molecule has 3 aromatic rings. The number of carbonyl (C=O) groups is 1. The van der Waals surface area contributed by atoms with Gasteiger partial charge in [0, 0.05) is 6.54 Å². The van der Waals surface area contributed by atoms with Crippen molar-refractivity contribution in [2.75, 3.05) is 0 Å². The fraction of sp³-hybridized carbons (Fsp3) is 0.200. The topological polar surface area (TPSA) is 129 Å². The Morgan fingerprint density at radius 3 is 2.77 bits per heavy atom. The molecule has 0 aliphatic carbocycles. The van der Waals surface area contributed by atoms with Gasteiger partial charge in [-0.1, -0.05) is 47.1 Å². The number of rotatable bonds is 6. The summed E-state index contributed by atoms with van der Waals surface area (Å²) in [6, 6.07) is 9.35. The highest BCUT2D eigenvalue weighted by Crippen LogP contribution is 2.26. The number of nitro groups is 1. The molecule has 0 aliphatic rings. The van der Waals surface area contributed by atoms with E-state index in [0.29, 0.717) is 12.2 Å². The number of carbonyl (C=O) groups excluding carboxylic acids is 1. The van der Waals surface area contributed by atoms with Crippen LogP contribution in [-0.4, -0.2) is 30.8 Å². The molecule has 134 valence electrons. The highest BCUT2D eigenvalue weighted by Gasteiger charge is 2.25. The van der Waals surface area contributed by atoms with Crippen molar-refractivity contribution in [1.82, 2.24) is 25.2 Å². The molecule has 0 fully saturated rings. The number of nitrogens with one attached hydrogen (secondary N) is 1. The third kappa shape index (κ3) is 3.70. The maximum Gasteiger partial charge on any atom is 0.408 e. The second-order valence-electron chi connectivity index (χ2n) is 5.32.